The Morgan fingerprint density at radius 3 is 2.56 bits per heavy atom. The average molecular weight is 274 g/mol. The van der Waals surface area contributed by atoms with Crippen LogP contribution in [-0.4, -0.2) is 22.0 Å². The highest BCUT2D eigenvalue weighted by Gasteiger charge is 2.18. The van der Waals surface area contributed by atoms with Crippen LogP contribution in [0.5, 0.6) is 0 Å². The average Bonchev–Trinajstić information content (AvgIpc) is 2.33. The van der Waals surface area contributed by atoms with Gasteiger partial charge in [0.25, 0.3) is 0 Å². The Balaban J connectivity index is 3.11. The fourth-order valence-electron chi connectivity index (χ4n) is 1.61. The molecular weight excluding hydrogens is 255 g/mol. The van der Waals surface area contributed by atoms with E-state index in [2.05, 4.69) is 10.0 Å². The molecule has 18 heavy (non-hydrogen) atoms. The van der Waals surface area contributed by atoms with Crippen molar-refractivity contribution >= 4 is 10.0 Å². The third kappa shape index (κ3) is 3.51. The third-order valence-electron chi connectivity index (χ3n) is 2.67. The van der Waals surface area contributed by atoms with E-state index >= 15 is 0 Å². The minimum absolute atomic E-state index is 0.00158. The van der Waals surface area contributed by atoms with E-state index in [1.165, 1.54) is 26.1 Å². The SMILES string of the molecule is CCCNCc1cc(F)c(C)c(S(=O)(=O)NC)c1. The standard InChI is InChI=1S/C12H19FN2O2S/c1-4-5-15-8-10-6-11(13)9(2)12(7-10)18(16,17)14-3/h6-7,14-15H,4-5,8H2,1-3H3. The number of benzene rings is 1. The van der Waals surface area contributed by atoms with Crippen LogP contribution >= 0.6 is 0 Å². The van der Waals surface area contributed by atoms with Crippen molar-refractivity contribution < 1.29 is 12.8 Å². The molecule has 0 saturated heterocycles. The number of rotatable bonds is 6. The highest BCUT2D eigenvalue weighted by Crippen LogP contribution is 2.20. The first-order valence-electron chi connectivity index (χ1n) is 5.85. The minimum atomic E-state index is -3.62. The van der Waals surface area contributed by atoms with Crippen molar-refractivity contribution in [2.24, 2.45) is 0 Å². The van der Waals surface area contributed by atoms with Gasteiger partial charge in [-0.25, -0.2) is 17.5 Å². The van der Waals surface area contributed by atoms with Gasteiger partial charge in [0, 0.05) is 12.1 Å². The van der Waals surface area contributed by atoms with Gasteiger partial charge in [-0.3, -0.25) is 0 Å². The lowest BCUT2D eigenvalue weighted by Gasteiger charge is -2.11. The molecule has 0 aliphatic rings. The normalized spacial score (nSPS) is 11.8. The van der Waals surface area contributed by atoms with Gasteiger partial charge in [0.1, 0.15) is 5.82 Å². The predicted molar refractivity (Wildman–Crippen MR) is 69.4 cm³/mol. The quantitative estimate of drug-likeness (QED) is 0.774. The third-order valence-corrected chi connectivity index (χ3v) is 4.21. The topological polar surface area (TPSA) is 58.2 Å². The summed E-state index contributed by atoms with van der Waals surface area (Å²) < 4.78 is 39.4. The lowest BCUT2D eigenvalue weighted by molar-refractivity contribution is 0.577. The lowest BCUT2D eigenvalue weighted by atomic mass is 10.1. The van der Waals surface area contributed by atoms with Crippen LogP contribution in [0.25, 0.3) is 0 Å². The van der Waals surface area contributed by atoms with Crippen molar-refractivity contribution in [3.05, 3.63) is 29.1 Å². The van der Waals surface area contributed by atoms with Crippen molar-refractivity contribution in [2.45, 2.75) is 31.7 Å². The molecule has 0 aliphatic heterocycles. The van der Waals surface area contributed by atoms with Crippen molar-refractivity contribution in [2.75, 3.05) is 13.6 Å². The van der Waals surface area contributed by atoms with Crippen LogP contribution in [0.4, 0.5) is 4.39 Å². The number of halogens is 1. The summed E-state index contributed by atoms with van der Waals surface area (Å²) >= 11 is 0. The van der Waals surface area contributed by atoms with E-state index in [0.717, 1.165) is 13.0 Å². The number of sulfonamides is 1. The molecule has 0 radical (unpaired) electrons. The summed E-state index contributed by atoms with van der Waals surface area (Å²) in [4.78, 5) is -0.00158. The van der Waals surface area contributed by atoms with Crippen LogP contribution in [-0.2, 0) is 16.6 Å². The fourth-order valence-corrected chi connectivity index (χ4v) is 2.63. The molecule has 2 N–H and O–H groups in total. The maximum absolute atomic E-state index is 13.7. The molecule has 0 heterocycles. The van der Waals surface area contributed by atoms with Crippen LogP contribution < -0.4 is 10.0 Å². The van der Waals surface area contributed by atoms with Gasteiger partial charge >= 0.3 is 0 Å². The Hall–Kier alpha value is -0.980. The first kappa shape index (κ1) is 15.1. The Labute approximate surface area is 108 Å². The van der Waals surface area contributed by atoms with Gasteiger partial charge in [-0.15, -0.1) is 0 Å². The first-order valence-corrected chi connectivity index (χ1v) is 7.34. The van der Waals surface area contributed by atoms with Crippen molar-refractivity contribution in [3.8, 4) is 0 Å². The summed E-state index contributed by atoms with van der Waals surface area (Å²) in [7, 11) is -2.31. The van der Waals surface area contributed by atoms with Gasteiger partial charge in [-0.2, -0.15) is 0 Å². The molecule has 0 spiro atoms. The van der Waals surface area contributed by atoms with Crippen LogP contribution in [0.1, 0.15) is 24.5 Å². The van der Waals surface area contributed by atoms with E-state index < -0.39 is 15.8 Å². The number of nitrogens with one attached hydrogen (secondary N) is 2. The molecule has 1 aromatic rings. The Kier molecular flexibility index (Phi) is 5.25. The van der Waals surface area contributed by atoms with Crippen LogP contribution in [0.3, 0.4) is 0 Å². The molecule has 102 valence electrons. The van der Waals surface area contributed by atoms with E-state index in [1.807, 2.05) is 6.92 Å². The van der Waals surface area contributed by atoms with Crippen molar-refractivity contribution in [1.29, 1.82) is 0 Å². The minimum Gasteiger partial charge on any atom is -0.313 e. The predicted octanol–water partition coefficient (Wildman–Crippen LogP) is 1.54. The second kappa shape index (κ2) is 6.26. The van der Waals surface area contributed by atoms with Crippen LogP contribution in [0.2, 0.25) is 0 Å². The maximum atomic E-state index is 13.7. The lowest BCUT2D eigenvalue weighted by Crippen LogP contribution is -2.21. The molecule has 0 fully saturated rings. The Morgan fingerprint density at radius 1 is 1.33 bits per heavy atom. The maximum Gasteiger partial charge on any atom is 0.240 e. The zero-order valence-electron chi connectivity index (χ0n) is 10.9. The molecule has 0 unspecified atom stereocenters. The van der Waals surface area contributed by atoms with Gasteiger partial charge < -0.3 is 5.32 Å². The molecule has 1 aromatic carbocycles. The molecule has 4 nitrogen and oxygen atoms in total. The summed E-state index contributed by atoms with van der Waals surface area (Å²) in [5.41, 5.74) is 0.768. The molecule has 0 amide bonds. The number of hydrogen-bond acceptors (Lipinski definition) is 3. The zero-order valence-corrected chi connectivity index (χ0v) is 11.7. The van der Waals surface area contributed by atoms with E-state index in [-0.39, 0.29) is 10.5 Å². The fraction of sp³-hybridized carbons (Fsp3) is 0.500. The van der Waals surface area contributed by atoms with Gasteiger partial charge in [0.05, 0.1) is 4.90 Å². The largest absolute Gasteiger partial charge is 0.313 e. The van der Waals surface area contributed by atoms with Gasteiger partial charge in [0.15, 0.2) is 0 Å². The van der Waals surface area contributed by atoms with Crippen LogP contribution in [0, 0.1) is 12.7 Å². The smallest absolute Gasteiger partial charge is 0.240 e. The monoisotopic (exact) mass is 274 g/mol. The highest BCUT2D eigenvalue weighted by molar-refractivity contribution is 7.89. The molecule has 0 bridgehead atoms. The van der Waals surface area contributed by atoms with Crippen molar-refractivity contribution in [3.63, 3.8) is 0 Å². The Morgan fingerprint density at radius 2 is 2.00 bits per heavy atom. The van der Waals surface area contributed by atoms with E-state index in [0.29, 0.717) is 12.1 Å². The molecule has 0 saturated carbocycles. The second-order valence-corrected chi connectivity index (χ2v) is 5.94. The summed E-state index contributed by atoms with van der Waals surface area (Å²) in [5.74, 6) is -0.500. The van der Waals surface area contributed by atoms with Crippen LogP contribution in [0.15, 0.2) is 17.0 Å². The molecular formula is C12H19FN2O2S. The van der Waals surface area contributed by atoms with E-state index in [1.54, 1.807) is 0 Å². The molecule has 6 heteroatoms. The van der Waals surface area contributed by atoms with Gasteiger partial charge in [0.2, 0.25) is 10.0 Å². The molecule has 0 aliphatic carbocycles. The van der Waals surface area contributed by atoms with Crippen molar-refractivity contribution in [1.82, 2.24) is 10.0 Å². The summed E-state index contributed by atoms with van der Waals surface area (Å²) in [6, 6.07) is 2.87. The van der Waals surface area contributed by atoms with E-state index in [9.17, 15) is 12.8 Å². The number of hydrogen-bond donors (Lipinski definition) is 2. The summed E-state index contributed by atoms with van der Waals surface area (Å²) in [6.45, 7) is 4.75. The first-order chi connectivity index (χ1) is 8.42. The molecule has 0 aromatic heterocycles. The van der Waals surface area contributed by atoms with Gasteiger partial charge in [-0.1, -0.05) is 6.92 Å². The highest BCUT2D eigenvalue weighted by atomic mass is 32.2. The molecule has 1 rings (SSSR count). The second-order valence-electron chi connectivity index (χ2n) is 4.09. The Bertz CT molecular complexity index is 515. The summed E-state index contributed by atoms with van der Waals surface area (Å²) in [6.07, 6.45) is 0.968. The van der Waals surface area contributed by atoms with E-state index in [4.69, 9.17) is 0 Å². The molecule has 0 atom stereocenters. The zero-order chi connectivity index (χ0) is 13.8. The summed E-state index contributed by atoms with van der Waals surface area (Å²) in [5, 5.41) is 3.11. The van der Waals surface area contributed by atoms with Gasteiger partial charge in [-0.05, 0) is 44.6 Å².